The number of H-pyrrole nitrogens is 1. The Hall–Kier alpha value is -1.28. The van der Waals surface area contributed by atoms with E-state index in [1.807, 2.05) is 0 Å². The summed E-state index contributed by atoms with van der Waals surface area (Å²) in [5.74, 6) is 1.66. The molecule has 0 amide bonds. The van der Waals surface area contributed by atoms with E-state index in [9.17, 15) is 0 Å². The van der Waals surface area contributed by atoms with Gasteiger partial charge in [-0.2, -0.15) is 0 Å². The molecule has 0 radical (unpaired) electrons. The van der Waals surface area contributed by atoms with Crippen LogP contribution in [0.15, 0.2) is 24.3 Å². The Morgan fingerprint density at radius 1 is 1.22 bits per heavy atom. The normalized spacial score (nSPS) is 28.1. The monoisotopic (exact) mass is 240 g/mol. The number of likely N-dealkylation sites (tertiary alicyclic amines) is 1. The molecule has 2 nitrogen and oxygen atoms in total. The Morgan fingerprint density at radius 2 is 2.11 bits per heavy atom. The Balaban J connectivity index is 1.86. The molecule has 0 bridgehead atoms. The minimum atomic E-state index is 0.793. The van der Waals surface area contributed by atoms with Crippen LogP contribution in [0.3, 0.4) is 0 Å². The predicted molar refractivity (Wildman–Crippen MR) is 75.0 cm³/mol. The molecule has 1 saturated heterocycles. The van der Waals surface area contributed by atoms with Crippen LogP contribution in [0.1, 0.15) is 30.0 Å². The van der Waals surface area contributed by atoms with Gasteiger partial charge in [-0.3, -0.25) is 0 Å². The maximum absolute atomic E-state index is 3.65. The van der Waals surface area contributed by atoms with Crippen molar-refractivity contribution in [3.63, 3.8) is 0 Å². The summed E-state index contributed by atoms with van der Waals surface area (Å²) >= 11 is 0. The van der Waals surface area contributed by atoms with Gasteiger partial charge in [-0.15, -0.1) is 0 Å². The number of aromatic nitrogens is 1. The summed E-state index contributed by atoms with van der Waals surface area (Å²) < 4.78 is 0. The molecule has 2 aliphatic rings. The number of benzene rings is 1. The Labute approximate surface area is 108 Å². The highest BCUT2D eigenvalue weighted by atomic mass is 15.1. The molecule has 1 aliphatic carbocycles. The second kappa shape index (κ2) is 3.86. The van der Waals surface area contributed by atoms with Crippen molar-refractivity contribution in [1.29, 1.82) is 0 Å². The van der Waals surface area contributed by atoms with Gasteiger partial charge in [0.25, 0.3) is 0 Å². The van der Waals surface area contributed by atoms with Crippen LogP contribution >= 0.6 is 0 Å². The molecular weight excluding hydrogens is 220 g/mol. The van der Waals surface area contributed by atoms with Crippen LogP contribution in [0, 0.1) is 5.92 Å². The summed E-state index contributed by atoms with van der Waals surface area (Å²) in [6.07, 6.45) is 3.92. The van der Waals surface area contributed by atoms with Crippen molar-refractivity contribution in [2.24, 2.45) is 5.92 Å². The predicted octanol–water partition coefficient (Wildman–Crippen LogP) is 3.15. The Bertz CT molecular complexity index is 584. The van der Waals surface area contributed by atoms with Crippen LogP contribution in [0.2, 0.25) is 0 Å². The van der Waals surface area contributed by atoms with Crippen molar-refractivity contribution in [3.05, 3.63) is 35.5 Å². The molecule has 2 heterocycles. The lowest BCUT2D eigenvalue weighted by atomic mass is 9.73. The molecule has 2 heteroatoms. The highest BCUT2D eigenvalue weighted by molar-refractivity contribution is 5.85. The summed E-state index contributed by atoms with van der Waals surface area (Å²) in [6.45, 7) is 2.53. The first kappa shape index (κ1) is 10.6. The summed E-state index contributed by atoms with van der Waals surface area (Å²) in [4.78, 5) is 6.15. The molecule has 2 aromatic rings. The number of fused-ring (bicyclic) bond motifs is 5. The van der Waals surface area contributed by atoms with E-state index < -0.39 is 0 Å². The van der Waals surface area contributed by atoms with E-state index in [2.05, 4.69) is 41.2 Å². The lowest BCUT2D eigenvalue weighted by Gasteiger charge is -2.40. The highest BCUT2D eigenvalue weighted by Gasteiger charge is 2.35. The third-order valence-electron chi connectivity index (χ3n) is 4.90. The van der Waals surface area contributed by atoms with E-state index in [4.69, 9.17) is 0 Å². The summed E-state index contributed by atoms with van der Waals surface area (Å²) in [5.41, 5.74) is 4.50. The van der Waals surface area contributed by atoms with Gasteiger partial charge in [0.15, 0.2) is 0 Å². The molecule has 2 atom stereocenters. The van der Waals surface area contributed by atoms with Crippen LogP contribution < -0.4 is 0 Å². The van der Waals surface area contributed by atoms with Crippen LogP contribution in [-0.2, 0) is 6.42 Å². The molecule has 1 fully saturated rings. The average molecular weight is 240 g/mol. The summed E-state index contributed by atoms with van der Waals surface area (Å²) in [6, 6.07) is 8.83. The molecule has 0 unspecified atom stereocenters. The number of rotatable bonds is 0. The average Bonchev–Trinajstić information content (AvgIpc) is 2.77. The number of piperidine rings is 1. The summed E-state index contributed by atoms with van der Waals surface area (Å²) in [5, 5.41) is 1.48. The van der Waals surface area contributed by atoms with Gasteiger partial charge in [-0.05, 0) is 56.3 Å². The topological polar surface area (TPSA) is 19.0 Å². The van der Waals surface area contributed by atoms with E-state index >= 15 is 0 Å². The lowest BCUT2D eigenvalue weighted by Crippen LogP contribution is -2.39. The maximum atomic E-state index is 3.65. The standard InChI is InChI=1S/C16H20N2/c1-18-9-8-12-11(10-18)6-7-15-16(12)13-4-2-3-5-14(13)17-15/h2-5,11-12,17H,6-10H2,1H3/t11-,12+/m1/s1. The number of nitrogens with one attached hydrogen (secondary N) is 1. The molecule has 18 heavy (non-hydrogen) atoms. The first-order valence-electron chi connectivity index (χ1n) is 7.11. The number of hydrogen-bond donors (Lipinski definition) is 1. The zero-order chi connectivity index (χ0) is 12.1. The molecule has 4 rings (SSSR count). The molecule has 1 aliphatic heterocycles. The lowest BCUT2D eigenvalue weighted by molar-refractivity contribution is 0.169. The van der Waals surface area contributed by atoms with Gasteiger partial charge >= 0.3 is 0 Å². The molecule has 1 aromatic heterocycles. The number of aryl methyl sites for hydroxylation is 1. The number of nitrogens with zero attached hydrogens (tertiary/aromatic N) is 1. The highest BCUT2D eigenvalue weighted by Crippen LogP contribution is 2.44. The van der Waals surface area contributed by atoms with Gasteiger partial charge in [0, 0.05) is 23.1 Å². The van der Waals surface area contributed by atoms with Gasteiger partial charge in [-0.25, -0.2) is 0 Å². The zero-order valence-corrected chi connectivity index (χ0v) is 10.9. The van der Waals surface area contributed by atoms with Gasteiger partial charge in [0.2, 0.25) is 0 Å². The molecule has 0 saturated carbocycles. The van der Waals surface area contributed by atoms with Crippen molar-refractivity contribution in [1.82, 2.24) is 9.88 Å². The zero-order valence-electron chi connectivity index (χ0n) is 10.9. The first-order valence-corrected chi connectivity index (χ1v) is 7.11. The van der Waals surface area contributed by atoms with E-state index in [0.29, 0.717) is 0 Å². The van der Waals surface area contributed by atoms with Crippen LogP contribution in [0.5, 0.6) is 0 Å². The Kier molecular flexibility index (Phi) is 2.28. The molecule has 94 valence electrons. The van der Waals surface area contributed by atoms with Crippen LogP contribution in [0.4, 0.5) is 0 Å². The number of para-hydroxylation sites is 1. The van der Waals surface area contributed by atoms with Crippen molar-refractivity contribution in [2.45, 2.75) is 25.2 Å². The fraction of sp³-hybridized carbons (Fsp3) is 0.500. The number of aromatic amines is 1. The van der Waals surface area contributed by atoms with Crippen molar-refractivity contribution >= 4 is 10.9 Å². The second-order valence-electron chi connectivity index (χ2n) is 6.02. The molecule has 1 aromatic carbocycles. The van der Waals surface area contributed by atoms with Crippen molar-refractivity contribution in [2.75, 3.05) is 20.1 Å². The molecule has 1 N–H and O–H groups in total. The SMILES string of the molecule is CN1CC[C@@H]2c3c([nH]c4ccccc34)CC[C@@H]2C1. The Morgan fingerprint density at radius 3 is 3.06 bits per heavy atom. The minimum absolute atomic E-state index is 0.793. The van der Waals surface area contributed by atoms with Crippen LogP contribution in [0.25, 0.3) is 10.9 Å². The minimum Gasteiger partial charge on any atom is -0.358 e. The van der Waals surface area contributed by atoms with Gasteiger partial charge in [0.05, 0.1) is 0 Å². The van der Waals surface area contributed by atoms with E-state index in [1.165, 1.54) is 48.9 Å². The summed E-state index contributed by atoms with van der Waals surface area (Å²) in [7, 11) is 2.26. The fourth-order valence-corrected chi connectivity index (χ4v) is 4.06. The van der Waals surface area contributed by atoms with E-state index in [1.54, 1.807) is 5.56 Å². The van der Waals surface area contributed by atoms with E-state index in [0.717, 1.165) is 11.8 Å². The third kappa shape index (κ3) is 1.45. The largest absolute Gasteiger partial charge is 0.358 e. The molecule has 0 spiro atoms. The first-order chi connectivity index (χ1) is 8.83. The van der Waals surface area contributed by atoms with Crippen LogP contribution in [-0.4, -0.2) is 30.0 Å². The quantitative estimate of drug-likeness (QED) is 0.749. The second-order valence-corrected chi connectivity index (χ2v) is 6.02. The van der Waals surface area contributed by atoms with Crippen molar-refractivity contribution < 1.29 is 0 Å². The van der Waals surface area contributed by atoms with Gasteiger partial charge in [-0.1, -0.05) is 18.2 Å². The fourth-order valence-electron chi connectivity index (χ4n) is 4.06. The van der Waals surface area contributed by atoms with Gasteiger partial charge in [0.1, 0.15) is 0 Å². The smallest absolute Gasteiger partial charge is 0.0459 e. The maximum Gasteiger partial charge on any atom is 0.0459 e. The number of hydrogen-bond acceptors (Lipinski definition) is 1. The molecular formula is C16H20N2. The third-order valence-corrected chi connectivity index (χ3v) is 4.90. The van der Waals surface area contributed by atoms with Gasteiger partial charge < -0.3 is 9.88 Å². The van der Waals surface area contributed by atoms with E-state index in [-0.39, 0.29) is 0 Å². The van der Waals surface area contributed by atoms with Crippen molar-refractivity contribution in [3.8, 4) is 0 Å².